The minimum atomic E-state index is 0.186. The van der Waals surface area contributed by atoms with Crippen LogP contribution in [0.5, 0.6) is 0 Å². The van der Waals surface area contributed by atoms with Crippen LogP contribution in [0.25, 0.3) is 0 Å². The van der Waals surface area contributed by atoms with Crippen LogP contribution < -0.4 is 0 Å². The Morgan fingerprint density at radius 3 is 2.26 bits per heavy atom. The molecular weight excluding hydrogens is 418 g/mol. The van der Waals surface area contributed by atoms with Crippen LogP contribution in [0.4, 0.5) is 0 Å². The van der Waals surface area contributed by atoms with E-state index in [1.54, 1.807) is 6.33 Å². The average Bonchev–Trinajstić information content (AvgIpc) is 3.43. The Morgan fingerprint density at radius 1 is 0.912 bits per heavy atom. The fourth-order valence-corrected chi connectivity index (χ4v) is 4.88. The molecule has 0 radical (unpaired) electrons. The maximum atomic E-state index is 9.11. The van der Waals surface area contributed by atoms with Gasteiger partial charge in [-0.3, -0.25) is 4.90 Å². The Hall–Kier alpha value is -4.19. The van der Waals surface area contributed by atoms with Crippen LogP contribution in [-0.2, 0) is 25.8 Å². The van der Waals surface area contributed by atoms with Crippen molar-refractivity contribution in [2.45, 2.75) is 31.8 Å². The Morgan fingerprint density at radius 2 is 1.62 bits per heavy atom. The first kappa shape index (κ1) is 21.6. The van der Waals surface area contributed by atoms with Crippen LogP contribution in [0.2, 0.25) is 0 Å². The molecule has 2 heterocycles. The third kappa shape index (κ3) is 4.62. The summed E-state index contributed by atoms with van der Waals surface area (Å²) in [6, 6.07) is 27.0. The maximum absolute atomic E-state index is 9.11. The number of benzene rings is 3. The quantitative estimate of drug-likeness (QED) is 0.450. The van der Waals surface area contributed by atoms with Crippen molar-refractivity contribution in [2.24, 2.45) is 0 Å². The van der Waals surface area contributed by atoms with Gasteiger partial charge in [0.1, 0.15) is 0 Å². The van der Waals surface area contributed by atoms with Crippen molar-refractivity contribution in [3.8, 4) is 12.1 Å². The van der Waals surface area contributed by atoms with Crippen LogP contribution in [0.3, 0.4) is 0 Å². The summed E-state index contributed by atoms with van der Waals surface area (Å²) in [5.41, 5.74) is 9.12. The Balaban J connectivity index is 1.38. The molecule has 3 aromatic carbocycles. The molecule has 0 spiro atoms. The van der Waals surface area contributed by atoms with Gasteiger partial charge in [-0.05, 0) is 71.3 Å². The summed E-state index contributed by atoms with van der Waals surface area (Å²) in [6.45, 7) is 1.86. The second-order valence-corrected chi connectivity index (χ2v) is 8.80. The summed E-state index contributed by atoms with van der Waals surface area (Å²) in [4.78, 5) is 10.1. The van der Waals surface area contributed by atoms with Crippen LogP contribution >= 0.6 is 0 Å². The van der Waals surface area contributed by atoms with Crippen molar-refractivity contribution in [1.29, 1.82) is 10.5 Å². The van der Waals surface area contributed by atoms with Gasteiger partial charge in [0.2, 0.25) is 0 Å². The molecule has 1 aromatic heterocycles. The summed E-state index contributed by atoms with van der Waals surface area (Å²) in [7, 11) is 0. The first-order valence-corrected chi connectivity index (χ1v) is 11.5. The van der Waals surface area contributed by atoms with Crippen LogP contribution in [0.15, 0.2) is 79.3 Å². The Labute approximate surface area is 199 Å². The van der Waals surface area contributed by atoms with Gasteiger partial charge in [-0.15, -0.1) is 0 Å². The lowest BCUT2D eigenvalue weighted by Gasteiger charge is -2.36. The zero-order chi connectivity index (χ0) is 23.3. The molecule has 0 amide bonds. The lowest BCUT2D eigenvalue weighted by atomic mass is 9.89. The Bertz CT molecular complexity index is 1340. The van der Waals surface area contributed by atoms with Crippen LogP contribution in [0, 0.1) is 22.7 Å². The van der Waals surface area contributed by atoms with E-state index in [0.717, 1.165) is 38.0 Å². The summed E-state index contributed by atoms with van der Waals surface area (Å²) in [5, 5.41) is 18.2. The first-order valence-electron chi connectivity index (χ1n) is 11.5. The van der Waals surface area contributed by atoms with Crippen LogP contribution in [0.1, 0.15) is 50.7 Å². The smallest absolute Gasteiger partial charge is 0.0991 e. The van der Waals surface area contributed by atoms with Crippen molar-refractivity contribution in [3.05, 3.63) is 124 Å². The highest BCUT2D eigenvalue weighted by Crippen LogP contribution is 2.31. The fourth-order valence-electron chi connectivity index (χ4n) is 4.88. The topological polar surface area (TPSA) is 79.5 Å². The molecule has 0 saturated carbocycles. The van der Waals surface area contributed by atoms with E-state index in [1.165, 1.54) is 27.8 Å². The predicted octanol–water partition coefficient (Wildman–Crippen LogP) is 5.09. The molecule has 34 heavy (non-hydrogen) atoms. The van der Waals surface area contributed by atoms with E-state index in [0.29, 0.717) is 11.1 Å². The standard InChI is InChI=1S/C29H25N5/c30-16-23-8-4-21(5-9-23)14-25-2-1-3-26-19-34(13-12-27(25)26)29(28-18-32-20-33-28)15-22-6-10-24(17-31)11-7-22/h1-11,18,20,29H,12-15,19H2,(H,32,33). The molecule has 5 heteroatoms. The highest BCUT2D eigenvalue weighted by Gasteiger charge is 2.27. The number of nitrogens with zero attached hydrogens (tertiary/aromatic N) is 4. The van der Waals surface area contributed by atoms with Crippen molar-refractivity contribution < 1.29 is 0 Å². The number of aromatic amines is 1. The van der Waals surface area contributed by atoms with Crippen molar-refractivity contribution in [2.75, 3.05) is 6.54 Å². The third-order valence-electron chi connectivity index (χ3n) is 6.70. The molecule has 1 unspecified atom stereocenters. The lowest BCUT2D eigenvalue weighted by molar-refractivity contribution is 0.174. The van der Waals surface area contributed by atoms with Gasteiger partial charge in [0.05, 0.1) is 41.3 Å². The molecular formula is C29H25N5. The van der Waals surface area contributed by atoms with Gasteiger partial charge in [-0.2, -0.15) is 10.5 Å². The highest BCUT2D eigenvalue weighted by molar-refractivity contribution is 5.41. The highest BCUT2D eigenvalue weighted by atomic mass is 15.2. The van der Waals surface area contributed by atoms with Crippen LogP contribution in [-0.4, -0.2) is 21.4 Å². The van der Waals surface area contributed by atoms with Crippen molar-refractivity contribution in [3.63, 3.8) is 0 Å². The van der Waals surface area contributed by atoms with E-state index in [-0.39, 0.29) is 6.04 Å². The molecule has 0 fully saturated rings. The molecule has 0 aliphatic carbocycles. The van der Waals surface area contributed by atoms with Crippen molar-refractivity contribution in [1.82, 2.24) is 14.9 Å². The SMILES string of the molecule is N#Cc1ccc(Cc2cccc3c2CCN(C(Cc2ccc(C#N)cc2)c2cnc[nH]2)C3)cc1. The number of H-pyrrole nitrogens is 1. The van der Waals surface area contributed by atoms with Gasteiger partial charge < -0.3 is 4.98 Å². The molecule has 1 aliphatic heterocycles. The number of rotatable bonds is 6. The number of nitrogens with one attached hydrogen (secondary N) is 1. The number of aromatic nitrogens is 2. The zero-order valence-electron chi connectivity index (χ0n) is 18.9. The van der Waals surface area contributed by atoms with Gasteiger partial charge in [0, 0.05) is 19.3 Å². The molecule has 166 valence electrons. The molecule has 0 bridgehead atoms. The number of hydrogen-bond acceptors (Lipinski definition) is 4. The van der Waals surface area contributed by atoms with Gasteiger partial charge in [-0.25, -0.2) is 4.98 Å². The number of fused-ring (bicyclic) bond motifs is 1. The zero-order valence-corrected chi connectivity index (χ0v) is 18.9. The molecule has 5 nitrogen and oxygen atoms in total. The second kappa shape index (κ2) is 9.75. The normalized spacial score (nSPS) is 14.1. The molecule has 1 N–H and O–H groups in total. The number of imidazole rings is 1. The number of hydrogen-bond donors (Lipinski definition) is 1. The van der Waals surface area contributed by atoms with Gasteiger partial charge >= 0.3 is 0 Å². The van der Waals surface area contributed by atoms with E-state index in [9.17, 15) is 0 Å². The van der Waals surface area contributed by atoms with Gasteiger partial charge in [0.25, 0.3) is 0 Å². The average molecular weight is 444 g/mol. The van der Waals surface area contributed by atoms with Gasteiger partial charge in [0.15, 0.2) is 0 Å². The van der Waals surface area contributed by atoms with E-state index in [1.807, 2.05) is 30.5 Å². The van der Waals surface area contributed by atoms with E-state index in [4.69, 9.17) is 10.5 Å². The molecule has 4 aromatic rings. The fraction of sp³-hybridized carbons (Fsp3) is 0.207. The molecule has 1 aliphatic rings. The molecule has 1 atom stereocenters. The summed E-state index contributed by atoms with van der Waals surface area (Å²) >= 11 is 0. The second-order valence-electron chi connectivity index (χ2n) is 8.80. The third-order valence-corrected chi connectivity index (χ3v) is 6.70. The largest absolute Gasteiger partial charge is 0.347 e. The predicted molar refractivity (Wildman–Crippen MR) is 131 cm³/mol. The van der Waals surface area contributed by atoms with E-state index in [2.05, 4.69) is 69.5 Å². The minimum absolute atomic E-state index is 0.186. The Kier molecular flexibility index (Phi) is 6.21. The summed E-state index contributed by atoms with van der Waals surface area (Å²) in [5.74, 6) is 0. The maximum Gasteiger partial charge on any atom is 0.0991 e. The molecule has 5 rings (SSSR count). The van der Waals surface area contributed by atoms with E-state index < -0.39 is 0 Å². The summed E-state index contributed by atoms with van der Waals surface area (Å²) < 4.78 is 0. The molecule has 0 saturated heterocycles. The number of nitriles is 2. The minimum Gasteiger partial charge on any atom is -0.347 e. The summed E-state index contributed by atoms with van der Waals surface area (Å²) in [6.07, 6.45) is 6.40. The van der Waals surface area contributed by atoms with Crippen molar-refractivity contribution >= 4 is 0 Å². The monoisotopic (exact) mass is 443 g/mol. The van der Waals surface area contributed by atoms with E-state index >= 15 is 0 Å². The van der Waals surface area contributed by atoms with Gasteiger partial charge in [-0.1, -0.05) is 42.5 Å². The lowest BCUT2D eigenvalue weighted by Crippen LogP contribution is -2.36. The first-order chi connectivity index (χ1) is 16.7.